The number of alkyl halides is 2. The number of anilines is 2. The Morgan fingerprint density at radius 2 is 1.87 bits per heavy atom. The number of carbonyl (C=O) groups is 2. The van der Waals surface area contributed by atoms with Crippen molar-refractivity contribution in [1.29, 1.82) is 0 Å². The molecule has 0 aliphatic carbocycles. The van der Waals surface area contributed by atoms with E-state index in [1.165, 1.54) is 36.2 Å². The highest BCUT2D eigenvalue weighted by molar-refractivity contribution is 6.28. The van der Waals surface area contributed by atoms with E-state index in [-0.39, 0.29) is 17.7 Å². The number of methoxy groups -OCH3 is 1. The van der Waals surface area contributed by atoms with Gasteiger partial charge in [0.05, 0.1) is 35.9 Å². The van der Waals surface area contributed by atoms with Gasteiger partial charge in [0, 0.05) is 24.2 Å². The summed E-state index contributed by atoms with van der Waals surface area (Å²) in [5.41, 5.74) is 3.37. The second-order valence-electron chi connectivity index (χ2n) is 9.35. The standard InChI is InChI=1S/C29H27F2N5O3/c1-4-29(30,31)20-6-5-7-21(14-20)33-27(37)26-18(2)34-36(28(26)38)22-10-13-24-25(15-22)35(17-32-24)16-19-8-11-23(39-3)12-9-19/h5-15,17,26H,4,16H2,1-3H3,(H,33,37). The van der Waals surface area contributed by atoms with Gasteiger partial charge in [0.25, 0.3) is 11.8 Å². The molecule has 200 valence electrons. The number of ether oxygens (including phenoxy) is 1. The van der Waals surface area contributed by atoms with Crippen molar-refractivity contribution in [2.45, 2.75) is 32.7 Å². The summed E-state index contributed by atoms with van der Waals surface area (Å²) >= 11 is 0. The van der Waals surface area contributed by atoms with Crippen molar-refractivity contribution in [2.75, 3.05) is 17.4 Å². The van der Waals surface area contributed by atoms with E-state index in [1.54, 1.807) is 38.6 Å². The first-order valence-electron chi connectivity index (χ1n) is 12.5. The highest BCUT2D eigenvalue weighted by Gasteiger charge is 2.40. The molecule has 2 heterocycles. The number of rotatable bonds is 8. The van der Waals surface area contributed by atoms with E-state index in [0.717, 1.165) is 22.3 Å². The number of hydrogen-bond acceptors (Lipinski definition) is 5. The Bertz CT molecular complexity index is 1580. The molecule has 1 aliphatic heterocycles. The van der Waals surface area contributed by atoms with E-state index in [1.807, 2.05) is 28.8 Å². The number of amides is 2. The zero-order chi connectivity index (χ0) is 27.7. The molecule has 4 aromatic rings. The van der Waals surface area contributed by atoms with Crippen LogP contribution in [0.15, 0.2) is 78.2 Å². The van der Waals surface area contributed by atoms with E-state index < -0.39 is 23.7 Å². The van der Waals surface area contributed by atoms with Crippen molar-refractivity contribution in [1.82, 2.24) is 9.55 Å². The van der Waals surface area contributed by atoms with Crippen LogP contribution in [0.25, 0.3) is 11.0 Å². The molecule has 0 saturated heterocycles. The number of hydrogen-bond donors (Lipinski definition) is 1. The Labute approximate surface area is 223 Å². The number of halogens is 2. The lowest BCUT2D eigenvalue weighted by molar-refractivity contribution is -0.127. The second-order valence-corrected chi connectivity index (χ2v) is 9.35. The van der Waals surface area contributed by atoms with Crippen LogP contribution in [-0.2, 0) is 22.1 Å². The number of carbonyl (C=O) groups excluding carboxylic acids is 2. The third-order valence-corrected chi connectivity index (χ3v) is 6.75. The van der Waals surface area contributed by atoms with Crippen LogP contribution in [0.1, 0.15) is 31.4 Å². The van der Waals surface area contributed by atoms with Crippen LogP contribution in [0.3, 0.4) is 0 Å². The maximum Gasteiger partial charge on any atom is 0.273 e. The van der Waals surface area contributed by atoms with Crippen molar-refractivity contribution >= 4 is 39.9 Å². The van der Waals surface area contributed by atoms with Gasteiger partial charge in [0.2, 0.25) is 5.91 Å². The summed E-state index contributed by atoms with van der Waals surface area (Å²) in [5.74, 6) is -4.59. The number of nitrogens with one attached hydrogen (secondary N) is 1. The lowest BCUT2D eigenvalue weighted by Crippen LogP contribution is -2.36. The lowest BCUT2D eigenvalue weighted by Gasteiger charge is -2.17. The minimum absolute atomic E-state index is 0.188. The van der Waals surface area contributed by atoms with Crippen LogP contribution in [0.2, 0.25) is 0 Å². The number of aromatic nitrogens is 2. The molecule has 1 atom stereocenters. The normalized spacial score (nSPS) is 15.5. The Morgan fingerprint density at radius 3 is 2.59 bits per heavy atom. The highest BCUT2D eigenvalue weighted by atomic mass is 19.3. The van der Waals surface area contributed by atoms with Crippen LogP contribution in [-0.4, -0.2) is 34.2 Å². The predicted octanol–water partition coefficient (Wildman–Crippen LogP) is 5.57. The number of hydrazone groups is 1. The monoisotopic (exact) mass is 531 g/mol. The molecule has 3 aromatic carbocycles. The SMILES string of the molecule is CCC(F)(F)c1cccc(NC(=O)C2C(=O)N(c3ccc4ncn(Cc5ccc(OC)cc5)c4c3)N=C2C)c1. The highest BCUT2D eigenvalue weighted by Crippen LogP contribution is 2.33. The van der Waals surface area contributed by atoms with Gasteiger partial charge in [-0.25, -0.2) is 13.8 Å². The first-order chi connectivity index (χ1) is 18.7. The van der Waals surface area contributed by atoms with Gasteiger partial charge in [-0.05, 0) is 55.0 Å². The van der Waals surface area contributed by atoms with Crippen LogP contribution in [0.5, 0.6) is 5.75 Å². The zero-order valence-corrected chi connectivity index (χ0v) is 21.7. The molecule has 10 heteroatoms. The summed E-state index contributed by atoms with van der Waals surface area (Å²) in [6.45, 7) is 3.54. The molecule has 1 aliphatic rings. The maximum absolute atomic E-state index is 14.1. The fourth-order valence-corrected chi connectivity index (χ4v) is 4.53. The Morgan fingerprint density at radius 1 is 1.10 bits per heavy atom. The molecule has 0 fully saturated rings. The van der Waals surface area contributed by atoms with Gasteiger partial charge in [0.1, 0.15) is 5.75 Å². The molecule has 0 bridgehead atoms. The largest absolute Gasteiger partial charge is 0.497 e. The fraction of sp³-hybridized carbons (Fsp3) is 0.241. The summed E-state index contributed by atoms with van der Waals surface area (Å²) in [5, 5.41) is 8.15. The van der Waals surface area contributed by atoms with Gasteiger partial charge in [-0.1, -0.05) is 31.2 Å². The first kappa shape index (κ1) is 26.0. The average Bonchev–Trinajstić information content (AvgIpc) is 3.48. The van der Waals surface area contributed by atoms with E-state index in [4.69, 9.17) is 4.74 Å². The van der Waals surface area contributed by atoms with Crippen molar-refractivity contribution in [3.05, 3.63) is 84.2 Å². The number of nitrogens with zero attached hydrogens (tertiary/aromatic N) is 4. The molecule has 1 aromatic heterocycles. The number of fused-ring (bicyclic) bond motifs is 1. The van der Waals surface area contributed by atoms with Crippen molar-refractivity contribution in [3.63, 3.8) is 0 Å². The zero-order valence-electron chi connectivity index (χ0n) is 21.7. The molecule has 2 amide bonds. The maximum atomic E-state index is 14.1. The molecular weight excluding hydrogens is 504 g/mol. The van der Waals surface area contributed by atoms with Crippen LogP contribution >= 0.6 is 0 Å². The average molecular weight is 532 g/mol. The summed E-state index contributed by atoms with van der Waals surface area (Å²) in [4.78, 5) is 30.8. The molecule has 5 rings (SSSR count). The van der Waals surface area contributed by atoms with E-state index in [0.29, 0.717) is 17.9 Å². The minimum atomic E-state index is -3.02. The summed E-state index contributed by atoms with van der Waals surface area (Å²) in [7, 11) is 1.62. The number of benzene rings is 3. The first-order valence-corrected chi connectivity index (χ1v) is 12.5. The number of imidazole rings is 1. The molecule has 1 N–H and O–H groups in total. The smallest absolute Gasteiger partial charge is 0.273 e. The van der Waals surface area contributed by atoms with Gasteiger partial charge >= 0.3 is 0 Å². The third kappa shape index (κ3) is 5.09. The fourth-order valence-electron chi connectivity index (χ4n) is 4.53. The van der Waals surface area contributed by atoms with Crippen molar-refractivity contribution in [2.24, 2.45) is 11.0 Å². The molecule has 0 saturated carbocycles. The van der Waals surface area contributed by atoms with E-state index in [2.05, 4.69) is 15.4 Å². The van der Waals surface area contributed by atoms with Crippen molar-refractivity contribution in [3.8, 4) is 5.75 Å². The van der Waals surface area contributed by atoms with Gasteiger partial charge in [0.15, 0.2) is 5.92 Å². The van der Waals surface area contributed by atoms with Gasteiger partial charge in [-0.15, -0.1) is 0 Å². The Kier molecular flexibility index (Phi) is 6.86. The van der Waals surface area contributed by atoms with Crippen LogP contribution in [0, 0.1) is 5.92 Å². The van der Waals surface area contributed by atoms with Crippen molar-refractivity contribution < 1.29 is 23.1 Å². The summed E-state index contributed by atoms with van der Waals surface area (Å²) < 4.78 is 35.4. The molecule has 0 spiro atoms. The summed E-state index contributed by atoms with van der Waals surface area (Å²) in [6, 6.07) is 18.5. The lowest BCUT2D eigenvalue weighted by atomic mass is 10.0. The summed E-state index contributed by atoms with van der Waals surface area (Å²) in [6.07, 6.45) is 1.36. The van der Waals surface area contributed by atoms with Gasteiger partial charge in [-0.2, -0.15) is 10.1 Å². The Balaban J connectivity index is 1.35. The topological polar surface area (TPSA) is 88.8 Å². The van der Waals surface area contributed by atoms with Crippen LogP contribution in [0.4, 0.5) is 20.2 Å². The molecule has 1 unspecified atom stereocenters. The minimum Gasteiger partial charge on any atom is -0.497 e. The molecule has 8 nitrogen and oxygen atoms in total. The van der Waals surface area contributed by atoms with Gasteiger partial charge < -0.3 is 14.6 Å². The third-order valence-electron chi connectivity index (χ3n) is 6.75. The predicted molar refractivity (Wildman–Crippen MR) is 145 cm³/mol. The Hall–Kier alpha value is -4.60. The quantitative estimate of drug-likeness (QED) is 0.301. The molecule has 39 heavy (non-hydrogen) atoms. The van der Waals surface area contributed by atoms with E-state index in [9.17, 15) is 18.4 Å². The molecular formula is C29H27F2N5O3. The molecule has 0 radical (unpaired) electrons. The van der Waals surface area contributed by atoms with E-state index >= 15 is 0 Å². The van der Waals surface area contributed by atoms with Gasteiger partial charge in [-0.3, -0.25) is 9.59 Å². The second kappa shape index (κ2) is 10.3. The van der Waals surface area contributed by atoms with Crippen LogP contribution < -0.4 is 15.1 Å².